The highest BCUT2D eigenvalue weighted by atomic mass is 32.2. The predicted molar refractivity (Wildman–Crippen MR) is 32.2 cm³/mol. The highest BCUT2D eigenvalue weighted by molar-refractivity contribution is 7.90. The van der Waals surface area contributed by atoms with Crippen LogP contribution in [0.3, 0.4) is 0 Å². The summed E-state index contributed by atoms with van der Waals surface area (Å²) in [5.41, 5.74) is 0. The van der Waals surface area contributed by atoms with E-state index in [1.54, 1.807) is 4.89 Å². The first-order valence-electron chi connectivity index (χ1n) is 2.77. The number of nitrogens with one attached hydrogen (secondary N) is 1. The maximum atomic E-state index is 10.8. The molecular formula is C4H7NO4S. The zero-order valence-corrected chi connectivity index (χ0v) is 5.93. The van der Waals surface area contributed by atoms with Gasteiger partial charge in [0.15, 0.2) is 0 Å². The normalized spacial score (nSPS) is 18.4. The monoisotopic (exact) mass is 165 g/mol. The Morgan fingerprint density at radius 2 is 2.10 bits per heavy atom. The van der Waals surface area contributed by atoms with Crippen molar-refractivity contribution in [3.05, 3.63) is 0 Å². The first-order valence-corrected chi connectivity index (χ1v) is 4.31. The maximum Gasteiger partial charge on any atom is 0.314 e. The lowest BCUT2D eigenvalue weighted by Gasteiger charge is -1.98. The summed E-state index contributed by atoms with van der Waals surface area (Å²) in [6, 6.07) is 0. The van der Waals surface area contributed by atoms with Gasteiger partial charge in [0.25, 0.3) is 0 Å². The molecule has 1 saturated carbocycles. The van der Waals surface area contributed by atoms with Crippen LogP contribution < -0.4 is 4.89 Å². The van der Waals surface area contributed by atoms with E-state index in [9.17, 15) is 13.2 Å². The fourth-order valence-electron chi connectivity index (χ4n) is 0.533. The minimum Gasteiger partial charge on any atom is -0.359 e. The molecule has 0 atom stereocenters. The molecule has 0 aromatic heterocycles. The average Bonchev–Trinajstić information content (AvgIpc) is 2.64. The number of rotatable bonds is 4. The van der Waals surface area contributed by atoms with Crippen molar-refractivity contribution in [1.29, 1.82) is 0 Å². The van der Waals surface area contributed by atoms with Crippen molar-refractivity contribution >= 4 is 16.5 Å². The molecule has 1 N–H and O–H groups in total. The SMILES string of the molecule is O=CONS(=O)(=O)C1CC1. The second-order valence-electron chi connectivity index (χ2n) is 2.04. The molecule has 10 heavy (non-hydrogen) atoms. The number of sulfonamides is 1. The lowest BCUT2D eigenvalue weighted by molar-refractivity contribution is -0.131. The number of hydrogen-bond donors (Lipinski definition) is 1. The van der Waals surface area contributed by atoms with Crippen LogP contribution >= 0.6 is 0 Å². The van der Waals surface area contributed by atoms with Gasteiger partial charge in [-0.15, -0.1) is 0 Å². The Balaban J connectivity index is 2.43. The zero-order valence-electron chi connectivity index (χ0n) is 5.11. The Bertz CT molecular complexity index is 217. The van der Waals surface area contributed by atoms with Crippen LogP contribution in [0.4, 0.5) is 0 Å². The molecule has 0 saturated heterocycles. The topological polar surface area (TPSA) is 72.5 Å². The third-order valence-electron chi connectivity index (χ3n) is 1.18. The van der Waals surface area contributed by atoms with Crippen molar-refractivity contribution in [3.63, 3.8) is 0 Å². The first kappa shape index (κ1) is 7.49. The van der Waals surface area contributed by atoms with Crippen molar-refractivity contribution in [2.24, 2.45) is 0 Å². The van der Waals surface area contributed by atoms with Crippen LogP contribution in [0.1, 0.15) is 12.8 Å². The molecule has 5 nitrogen and oxygen atoms in total. The summed E-state index contributed by atoms with van der Waals surface area (Å²) >= 11 is 0. The van der Waals surface area contributed by atoms with Crippen LogP contribution in [0.15, 0.2) is 0 Å². The first-order chi connectivity index (χ1) is 4.67. The molecule has 0 unspecified atom stereocenters. The van der Waals surface area contributed by atoms with Gasteiger partial charge in [0.1, 0.15) is 0 Å². The quantitative estimate of drug-likeness (QED) is 0.435. The summed E-state index contributed by atoms with van der Waals surface area (Å²) in [5.74, 6) is 0. The Morgan fingerprint density at radius 3 is 2.50 bits per heavy atom. The van der Waals surface area contributed by atoms with Gasteiger partial charge in [0.2, 0.25) is 10.0 Å². The molecule has 0 aromatic carbocycles. The van der Waals surface area contributed by atoms with Crippen LogP contribution in [-0.4, -0.2) is 20.1 Å². The van der Waals surface area contributed by atoms with E-state index in [2.05, 4.69) is 4.84 Å². The van der Waals surface area contributed by atoms with Crippen molar-refractivity contribution in [3.8, 4) is 0 Å². The average molecular weight is 165 g/mol. The maximum absolute atomic E-state index is 10.8. The van der Waals surface area contributed by atoms with Gasteiger partial charge in [-0.3, -0.25) is 4.79 Å². The van der Waals surface area contributed by atoms with E-state index in [0.717, 1.165) is 0 Å². The van der Waals surface area contributed by atoms with Crippen molar-refractivity contribution in [2.75, 3.05) is 0 Å². The molecule has 1 fully saturated rings. The van der Waals surface area contributed by atoms with Gasteiger partial charge in [-0.05, 0) is 17.7 Å². The van der Waals surface area contributed by atoms with Gasteiger partial charge in [0, 0.05) is 0 Å². The summed E-state index contributed by atoms with van der Waals surface area (Å²) < 4.78 is 21.5. The fourth-order valence-corrected chi connectivity index (χ4v) is 1.60. The highest BCUT2D eigenvalue weighted by Gasteiger charge is 2.36. The van der Waals surface area contributed by atoms with Gasteiger partial charge >= 0.3 is 6.47 Å². The summed E-state index contributed by atoms with van der Waals surface area (Å²) in [5, 5.41) is -0.354. The van der Waals surface area contributed by atoms with Crippen LogP contribution in [0, 0.1) is 0 Å². The molecular weight excluding hydrogens is 158 g/mol. The van der Waals surface area contributed by atoms with E-state index in [0.29, 0.717) is 12.8 Å². The van der Waals surface area contributed by atoms with E-state index in [1.807, 2.05) is 0 Å². The van der Waals surface area contributed by atoms with Crippen LogP contribution in [0.25, 0.3) is 0 Å². The second kappa shape index (κ2) is 2.55. The van der Waals surface area contributed by atoms with E-state index in [-0.39, 0.29) is 11.7 Å². The van der Waals surface area contributed by atoms with Crippen molar-refractivity contribution in [1.82, 2.24) is 4.89 Å². The Hall–Kier alpha value is -0.620. The van der Waals surface area contributed by atoms with Crippen molar-refractivity contribution in [2.45, 2.75) is 18.1 Å². The third kappa shape index (κ3) is 1.68. The van der Waals surface area contributed by atoms with E-state index >= 15 is 0 Å². The van der Waals surface area contributed by atoms with Crippen LogP contribution in [0.2, 0.25) is 0 Å². The molecule has 0 heterocycles. The lowest BCUT2D eigenvalue weighted by atomic mass is 11.0. The molecule has 0 aliphatic heterocycles. The fraction of sp³-hybridized carbons (Fsp3) is 0.750. The standard InChI is InChI=1S/C4H7NO4S/c6-3-9-5-10(7,8)4-1-2-4/h3-5H,1-2H2. The van der Waals surface area contributed by atoms with Gasteiger partial charge in [-0.1, -0.05) is 0 Å². The van der Waals surface area contributed by atoms with Gasteiger partial charge in [0.05, 0.1) is 5.25 Å². The second-order valence-corrected chi connectivity index (χ2v) is 3.97. The number of carbonyl (C=O) groups excluding carboxylic acids is 1. The Morgan fingerprint density at radius 1 is 1.50 bits per heavy atom. The minimum absolute atomic E-state index is 0.0416. The van der Waals surface area contributed by atoms with Crippen LogP contribution in [0.5, 0.6) is 0 Å². The minimum atomic E-state index is -3.35. The number of carbonyl (C=O) groups is 1. The number of hydrogen-bond acceptors (Lipinski definition) is 4. The van der Waals surface area contributed by atoms with E-state index < -0.39 is 10.0 Å². The third-order valence-corrected chi connectivity index (χ3v) is 2.85. The molecule has 0 bridgehead atoms. The Kier molecular flexibility index (Phi) is 1.91. The molecule has 1 aliphatic carbocycles. The summed E-state index contributed by atoms with van der Waals surface area (Å²) in [6.45, 7) is 0.0416. The van der Waals surface area contributed by atoms with Crippen molar-refractivity contribution < 1.29 is 18.0 Å². The summed E-state index contributed by atoms with van der Waals surface area (Å²) in [4.78, 5) is 15.1. The zero-order chi connectivity index (χ0) is 7.61. The molecule has 6 heteroatoms. The molecule has 1 aliphatic rings. The molecule has 0 aromatic rings. The molecule has 1 rings (SSSR count). The lowest BCUT2D eigenvalue weighted by Crippen LogP contribution is -2.26. The van der Waals surface area contributed by atoms with Gasteiger partial charge in [-0.25, -0.2) is 8.42 Å². The molecule has 0 spiro atoms. The predicted octanol–water partition coefficient (Wildman–Crippen LogP) is -0.844. The smallest absolute Gasteiger partial charge is 0.314 e. The Labute approximate surface area is 58.4 Å². The van der Waals surface area contributed by atoms with E-state index in [4.69, 9.17) is 0 Å². The largest absolute Gasteiger partial charge is 0.359 e. The molecule has 58 valence electrons. The molecule has 0 amide bonds. The summed E-state index contributed by atoms with van der Waals surface area (Å²) in [6.07, 6.45) is 1.30. The van der Waals surface area contributed by atoms with Gasteiger partial charge < -0.3 is 4.84 Å². The molecule has 0 radical (unpaired) electrons. The van der Waals surface area contributed by atoms with Crippen LogP contribution in [-0.2, 0) is 19.7 Å². The van der Waals surface area contributed by atoms with E-state index in [1.165, 1.54) is 0 Å². The highest BCUT2D eigenvalue weighted by Crippen LogP contribution is 2.27. The van der Waals surface area contributed by atoms with Gasteiger partial charge in [-0.2, -0.15) is 0 Å². The summed E-state index contributed by atoms with van der Waals surface area (Å²) in [7, 11) is -3.35.